The normalized spacial score (nSPS) is 31.5. The van der Waals surface area contributed by atoms with Crippen LogP contribution in [0.2, 0.25) is 0 Å². The summed E-state index contributed by atoms with van der Waals surface area (Å²) in [4.78, 5) is 29.0. The van der Waals surface area contributed by atoms with E-state index in [0.29, 0.717) is 6.54 Å². The molecule has 3 fully saturated rings. The van der Waals surface area contributed by atoms with E-state index in [0.717, 1.165) is 32.0 Å². The van der Waals surface area contributed by atoms with E-state index < -0.39 is 0 Å². The van der Waals surface area contributed by atoms with Gasteiger partial charge in [-0.25, -0.2) is 0 Å². The second-order valence-corrected chi connectivity index (χ2v) is 8.41. The summed E-state index contributed by atoms with van der Waals surface area (Å²) in [5.41, 5.74) is 0.834. The summed E-state index contributed by atoms with van der Waals surface area (Å²) in [6.45, 7) is 6.88. The third-order valence-corrected chi connectivity index (χ3v) is 6.33. The molecule has 0 aromatic heterocycles. The molecule has 26 heavy (non-hydrogen) atoms. The van der Waals surface area contributed by atoms with Gasteiger partial charge in [-0.1, -0.05) is 30.3 Å². The van der Waals surface area contributed by atoms with Crippen molar-refractivity contribution < 1.29 is 9.59 Å². The summed E-state index contributed by atoms with van der Waals surface area (Å²) in [7, 11) is 0. The number of nitrogens with one attached hydrogen (secondary N) is 1. The molecular weight excluding hydrogens is 326 g/mol. The first-order valence-electron chi connectivity index (χ1n) is 9.82. The highest BCUT2D eigenvalue weighted by molar-refractivity contribution is 5.77. The van der Waals surface area contributed by atoms with Gasteiger partial charge >= 0.3 is 0 Å². The van der Waals surface area contributed by atoms with Crippen molar-refractivity contribution in [2.45, 2.75) is 44.7 Å². The minimum Gasteiger partial charge on any atom is -0.347 e. The Morgan fingerprint density at radius 3 is 2.46 bits per heavy atom. The van der Waals surface area contributed by atoms with Crippen molar-refractivity contribution in [2.24, 2.45) is 11.8 Å². The monoisotopic (exact) mass is 355 g/mol. The third kappa shape index (κ3) is 3.25. The van der Waals surface area contributed by atoms with Crippen molar-refractivity contribution in [3.8, 4) is 0 Å². The zero-order valence-electron chi connectivity index (χ0n) is 15.8. The number of piperidine rings is 1. The molecule has 2 aliphatic heterocycles. The lowest BCUT2D eigenvalue weighted by atomic mass is 9.75. The van der Waals surface area contributed by atoms with Crippen LogP contribution in [-0.4, -0.2) is 53.3 Å². The summed E-state index contributed by atoms with van der Waals surface area (Å²) in [6.07, 6.45) is 3.68. The molecule has 4 rings (SSSR count). The Morgan fingerprint density at radius 1 is 1.12 bits per heavy atom. The second kappa shape index (κ2) is 6.69. The van der Waals surface area contributed by atoms with Crippen molar-refractivity contribution in [1.82, 2.24) is 15.1 Å². The molecule has 3 aliphatic rings. The highest BCUT2D eigenvalue weighted by atomic mass is 16.2. The first kappa shape index (κ1) is 17.5. The van der Waals surface area contributed by atoms with Crippen molar-refractivity contribution in [3.05, 3.63) is 35.9 Å². The molecule has 140 valence electrons. The Kier molecular flexibility index (Phi) is 4.51. The molecule has 1 aromatic rings. The Balaban J connectivity index is 1.68. The molecule has 1 saturated carbocycles. The number of likely N-dealkylation sites (tertiary alicyclic amines) is 2. The van der Waals surface area contributed by atoms with Gasteiger partial charge in [-0.05, 0) is 37.3 Å². The number of benzene rings is 1. The van der Waals surface area contributed by atoms with E-state index in [1.807, 2.05) is 23.1 Å². The van der Waals surface area contributed by atoms with E-state index >= 15 is 0 Å². The number of hydrogen-bond acceptors (Lipinski definition) is 3. The molecule has 3 atom stereocenters. The smallest absolute Gasteiger partial charge is 0.220 e. The number of nitrogens with zero attached hydrogens (tertiary/aromatic N) is 2. The highest BCUT2D eigenvalue weighted by Crippen LogP contribution is 2.48. The van der Waals surface area contributed by atoms with E-state index in [-0.39, 0.29) is 29.3 Å². The molecular formula is C21H29N3O2. The minimum atomic E-state index is -0.342. The molecule has 0 bridgehead atoms. The largest absolute Gasteiger partial charge is 0.347 e. The van der Waals surface area contributed by atoms with Gasteiger partial charge in [-0.15, -0.1) is 0 Å². The predicted octanol–water partition coefficient (Wildman–Crippen LogP) is 2.20. The molecule has 2 heterocycles. The van der Waals surface area contributed by atoms with Crippen LogP contribution in [0.15, 0.2) is 30.3 Å². The lowest BCUT2D eigenvalue weighted by Crippen LogP contribution is -2.63. The van der Waals surface area contributed by atoms with Gasteiger partial charge in [0.2, 0.25) is 11.8 Å². The van der Waals surface area contributed by atoms with Gasteiger partial charge in [-0.3, -0.25) is 9.59 Å². The number of rotatable bonds is 4. The lowest BCUT2D eigenvalue weighted by Gasteiger charge is -2.45. The Labute approximate surface area is 155 Å². The van der Waals surface area contributed by atoms with Gasteiger partial charge in [0, 0.05) is 39.4 Å². The quantitative estimate of drug-likeness (QED) is 0.901. The predicted molar refractivity (Wildman–Crippen MR) is 100 cm³/mol. The van der Waals surface area contributed by atoms with Crippen LogP contribution in [0.1, 0.15) is 44.7 Å². The summed E-state index contributed by atoms with van der Waals surface area (Å²) in [6, 6.07) is 10.4. The molecule has 0 unspecified atom stereocenters. The van der Waals surface area contributed by atoms with Gasteiger partial charge in [0.25, 0.3) is 0 Å². The van der Waals surface area contributed by atoms with Gasteiger partial charge in [0.05, 0.1) is 11.6 Å². The SMILES string of the molecule is CC(=O)N[C@@]12CN(CC3CC3)CC[C@@H]1[C@@H](c1ccccc1)N(C(C)=O)C2. The zero-order valence-corrected chi connectivity index (χ0v) is 15.8. The Bertz CT molecular complexity index is 688. The summed E-state index contributed by atoms with van der Waals surface area (Å²) in [5, 5.41) is 3.29. The molecule has 0 spiro atoms. The first-order chi connectivity index (χ1) is 12.5. The lowest BCUT2D eigenvalue weighted by molar-refractivity contribution is -0.130. The average Bonchev–Trinajstić information content (AvgIpc) is 3.34. The fourth-order valence-corrected chi connectivity index (χ4v) is 5.15. The third-order valence-electron chi connectivity index (χ3n) is 6.33. The fraction of sp³-hybridized carbons (Fsp3) is 0.619. The van der Waals surface area contributed by atoms with Crippen molar-refractivity contribution in [1.29, 1.82) is 0 Å². The maximum atomic E-state index is 12.5. The summed E-state index contributed by atoms with van der Waals surface area (Å²) < 4.78 is 0. The van der Waals surface area contributed by atoms with Crippen LogP contribution in [-0.2, 0) is 9.59 Å². The number of carbonyl (C=O) groups is 2. The van der Waals surface area contributed by atoms with Crippen LogP contribution in [0.3, 0.4) is 0 Å². The molecule has 1 aliphatic carbocycles. The number of fused-ring (bicyclic) bond motifs is 1. The van der Waals surface area contributed by atoms with E-state index in [2.05, 4.69) is 22.3 Å². The van der Waals surface area contributed by atoms with Crippen LogP contribution < -0.4 is 5.32 Å². The number of amides is 2. The Hall–Kier alpha value is -1.88. The molecule has 1 N–H and O–H groups in total. The highest BCUT2D eigenvalue weighted by Gasteiger charge is 2.56. The molecule has 2 amide bonds. The van der Waals surface area contributed by atoms with Gasteiger partial charge in [0.1, 0.15) is 0 Å². The molecule has 0 radical (unpaired) electrons. The van der Waals surface area contributed by atoms with Crippen LogP contribution in [0, 0.1) is 11.8 Å². The second-order valence-electron chi connectivity index (χ2n) is 8.41. The topological polar surface area (TPSA) is 52.7 Å². The number of carbonyl (C=O) groups excluding carboxylic acids is 2. The van der Waals surface area contributed by atoms with Crippen molar-refractivity contribution >= 4 is 11.8 Å². The molecule has 1 aromatic carbocycles. The number of hydrogen-bond donors (Lipinski definition) is 1. The maximum Gasteiger partial charge on any atom is 0.220 e. The molecule has 5 nitrogen and oxygen atoms in total. The maximum absolute atomic E-state index is 12.5. The zero-order chi connectivity index (χ0) is 18.3. The van der Waals surface area contributed by atoms with E-state index in [1.165, 1.54) is 18.4 Å². The van der Waals surface area contributed by atoms with Crippen LogP contribution >= 0.6 is 0 Å². The standard InChI is InChI=1S/C21H29N3O2/c1-15(25)22-21-13-23(12-17-8-9-17)11-10-19(21)20(24(14-21)16(2)26)18-6-4-3-5-7-18/h3-7,17,19-20H,8-14H2,1-2H3,(H,22,25)/t19-,20-,21-/m1/s1. The average molecular weight is 355 g/mol. The summed E-state index contributed by atoms with van der Waals surface area (Å²) >= 11 is 0. The molecule has 2 saturated heterocycles. The Morgan fingerprint density at radius 2 is 1.85 bits per heavy atom. The van der Waals surface area contributed by atoms with E-state index in [1.54, 1.807) is 13.8 Å². The van der Waals surface area contributed by atoms with E-state index in [4.69, 9.17) is 0 Å². The first-order valence-corrected chi connectivity index (χ1v) is 9.82. The van der Waals surface area contributed by atoms with Crippen LogP contribution in [0.5, 0.6) is 0 Å². The summed E-state index contributed by atoms with van der Waals surface area (Å²) in [5.74, 6) is 1.18. The van der Waals surface area contributed by atoms with Gasteiger partial charge in [0.15, 0.2) is 0 Å². The van der Waals surface area contributed by atoms with Crippen molar-refractivity contribution in [2.75, 3.05) is 26.2 Å². The van der Waals surface area contributed by atoms with Crippen LogP contribution in [0.25, 0.3) is 0 Å². The van der Waals surface area contributed by atoms with Gasteiger partial charge in [-0.2, -0.15) is 0 Å². The van der Waals surface area contributed by atoms with Crippen LogP contribution in [0.4, 0.5) is 0 Å². The van der Waals surface area contributed by atoms with Crippen molar-refractivity contribution in [3.63, 3.8) is 0 Å². The van der Waals surface area contributed by atoms with E-state index in [9.17, 15) is 9.59 Å². The minimum absolute atomic E-state index is 0.000450. The van der Waals surface area contributed by atoms with Gasteiger partial charge < -0.3 is 15.1 Å². The fourth-order valence-electron chi connectivity index (χ4n) is 5.15. The molecule has 5 heteroatoms.